The minimum Gasteiger partial charge on any atom is -0.215 e. The van der Waals surface area contributed by atoms with Gasteiger partial charge in [0.2, 0.25) is 12.2 Å². The van der Waals surface area contributed by atoms with Crippen LogP contribution in [-0.2, 0) is 0 Å². The molecule has 2 aromatic rings. The molecule has 21 heavy (non-hydrogen) atoms. The Bertz CT molecular complexity index is 673. The van der Waals surface area contributed by atoms with Gasteiger partial charge in [-0.2, -0.15) is 0 Å². The van der Waals surface area contributed by atoms with Crippen molar-refractivity contribution in [1.82, 2.24) is 0 Å². The second-order valence-corrected chi connectivity index (χ2v) is 6.10. The Labute approximate surface area is 127 Å². The minimum atomic E-state index is 1.08. The van der Waals surface area contributed by atoms with Gasteiger partial charge >= 0.3 is 6.34 Å². The number of nitrogens with zero attached hydrogens (tertiary/aromatic N) is 1. The summed E-state index contributed by atoms with van der Waals surface area (Å²) in [6.45, 7) is 11.0. The molecular weight excluding hydrogens is 256 g/mol. The molecule has 1 atom stereocenters. The predicted octanol–water partition coefficient (Wildman–Crippen LogP) is 2.82. The van der Waals surface area contributed by atoms with E-state index in [0.29, 0.717) is 0 Å². The van der Waals surface area contributed by atoms with Crippen molar-refractivity contribution in [3.8, 4) is 0 Å². The highest BCUT2D eigenvalue weighted by molar-refractivity contribution is 5.56. The average Bonchev–Trinajstić information content (AvgIpc) is 2.87. The summed E-state index contributed by atoms with van der Waals surface area (Å²) in [5.41, 5.74) is 8.28. The largest absolute Gasteiger partial charge is 0.336 e. The number of quaternary nitrogens is 1. The van der Waals surface area contributed by atoms with Crippen molar-refractivity contribution in [1.29, 1.82) is 0 Å². The number of benzene rings is 2. The first kappa shape index (κ1) is 14.0. The Hall–Kier alpha value is -1.93. The van der Waals surface area contributed by atoms with E-state index in [4.69, 9.17) is 0 Å². The SMILES string of the molecule is Cc1cccc(C)c1[N+]1=C[NH+](c2c(C)cccc2C)CC1. The van der Waals surface area contributed by atoms with Crippen LogP contribution in [0.3, 0.4) is 0 Å². The van der Waals surface area contributed by atoms with Crippen LogP contribution < -0.4 is 4.90 Å². The Morgan fingerprint density at radius 1 is 0.810 bits per heavy atom. The first-order valence-corrected chi connectivity index (χ1v) is 7.68. The quantitative estimate of drug-likeness (QED) is 0.809. The van der Waals surface area contributed by atoms with Crippen LogP contribution in [0.2, 0.25) is 0 Å². The van der Waals surface area contributed by atoms with E-state index in [1.165, 1.54) is 38.5 Å². The molecule has 0 saturated carbocycles. The van der Waals surface area contributed by atoms with Crippen molar-refractivity contribution in [3.63, 3.8) is 0 Å². The maximum absolute atomic E-state index is 2.42. The summed E-state index contributed by atoms with van der Waals surface area (Å²) in [5.74, 6) is 0. The second-order valence-electron chi connectivity index (χ2n) is 6.10. The van der Waals surface area contributed by atoms with Gasteiger partial charge in [0, 0.05) is 22.3 Å². The Balaban J connectivity index is 2.02. The maximum atomic E-state index is 2.42. The second kappa shape index (κ2) is 5.45. The monoisotopic (exact) mass is 280 g/mol. The van der Waals surface area contributed by atoms with Gasteiger partial charge in [-0.05, 0) is 27.7 Å². The number of para-hydroxylation sites is 2. The van der Waals surface area contributed by atoms with Gasteiger partial charge in [0.1, 0.15) is 5.69 Å². The first-order chi connectivity index (χ1) is 10.1. The first-order valence-electron chi connectivity index (χ1n) is 7.68. The summed E-state index contributed by atoms with van der Waals surface area (Å²) in [7, 11) is 0. The molecule has 2 nitrogen and oxygen atoms in total. The summed E-state index contributed by atoms with van der Waals surface area (Å²) in [6.07, 6.45) is 2.35. The smallest absolute Gasteiger partial charge is 0.215 e. The van der Waals surface area contributed by atoms with E-state index >= 15 is 0 Å². The summed E-state index contributed by atoms with van der Waals surface area (Å²) >= 11 is 0. The molecule has 0 saturated heterocycles. The molecule has 108 valence electrons. The van der Waals surface area contributed by atoms with Crippen LogP contribution in [0.5, 0.6) is 0 Å². The Kier molecular flexibility index (Phi) is 3.64. The van der Waals surface area contributed by atoms with Crippen molar-refractivity contribution in [3.05, 3.63) is 58.7 Å². The molecule has 0 aliphatic carbocycles. The van der Waals surface area contributed by atoms with Gasteiger partial charge < -0.3 is 0 Å². The molecule has 1 unspecified atom stereocenters. The fraction of sp³-hybridized carbons (Fsp3) is 0.316. The molecule has 1 aliphatic rings. The summed E-state index contributed by atoms with van der Waals surface area (Å²) in [4.78, 5) is 1.47. The molecule has 0 radical (unpaired) electrons. The predicted molar refractivity (Wildman–Crippen MR) is 88.2 cm³/mol. The molecule has 0 bridgehead atoms. The normalized spacial score (nSPS) is 17.9. The summed E-state index contributed by atoms with van der Waals surface area (Å²) < 4.78 is 2.42. The molecule has 1 aliphatic heterocycles. The molecule has 1 heterocycles. The highest BCUT2D eigenvalue weighted by atomic mass is 15.3. The van der Waals surface area contributed by atoms with Gasteiger partial charge in [-0.3, -0.25) is 0 Å². The van der Waals surface area contributed by atoms with Crippen molar-refractivity contribution in [2.75, 3.05) is 13.1 Å². The van der Waals surface area contributed by atoms with E-state index in [9.17, 15) is 0 Å². The van der Waals surface area contributed by atoms with Crippen LogP contribution in [0.25, 0.3) is 0 Å². The molecule has 0 amide bonds. The Morgan fingerprint density at radius 3 is 1.90 bits per heavy atom. The van der Waals surface area contributed by atoms with Gasteiger partial charge in [-0.15, -0.1) is 4.58 Å². The topological polar surface area (TPSA) is 7.45 Å². The van der Waals surface area contributed by atoms with E-state index < -0.39 is 0 Å². The lowest BCUT2D eigenvalue weighted by atomic mass is 10.1. The van der Waals surface area contributed by atoms with E-state index in [2.05, 4.69) is 75.0 Å². The zero-order valence-corrected chi connectivity index (χ0v) is 13.4. The van der Waals surface area contributed by atoms with Crippen LogP contribution in [0.1, 0.15) is 22.3 Å². The molecule has 0 aromatic heterocycles. The molecular formula is C19H24N2+2. The number of rotatable bonds is 2. The van der Waals surface area contributed by atoms with Crippen LogP contribution in [0.4, 0.5) is 11.4 Å². The molecule has 3 rings (SSSR count). The molecule has 2 heteroatoms. The highest BCUT2D eigenvalue weighted by Crippen LogP contribution is 2.23. The van der Waals surface area contributed by atoms with Crippen molar-refractivity contribution in [2.24, 2.45) is 0 Å². The van der Waals surface area contributed by atoms with Crippen LogP contribution in [0, 0.1) is 27.7 Å². The minimum absolute atomic E-state index is 1.08. The fourth-order valence-corrected chi connectivity index (χ4v) is 3.50. The molecule has 0 fully saturated rings. The van der Waals surface area contributed by atoms with Crippen molar-refractivity contribution >= 4 is 17.7 Å². The van der Waals surface area contributed by atoms with Gasteiger partial charge in [0.15, 0.2) is 6.54 Å². The molecule has 1 N–H and O–H groups in total. The number of hydrogen-bond donors (Lipinski definition) is 1. The lowest BCUT2D eigenvalue weighted by molar-refractivity contribution is -0.717. The van der Waals surface area contributed by atoms with Crippen LogP contribution in [0.15, 0.2) is 36.4 Å². The third-order valence-corrected chi connectivity index (χ3v) is 4.46. The zero-order chi connectivity index (χ0) is 15.0. The number of nitrogens with one attached hydrogen (secondary N) is 1. The third kappa shape index (κ3) is 2.52. The van der Waals surface area contributed by atoms with Crippen molar-refractivity contribution in [2.45, 2.75) is 27.7 Å². The zero-order valence-electron chi connectivity index (χ0n) is 13.4. The maximum Gasteiger partial charge on any atom is 0.336 e. The van der Waals surface area contributed by atoms with Gasteiger partial charge in [0.25, 0.3) is 0 Å². The number of hydrogen-bond acceptors (Lipinski definition) is 0. The van der Waals surface area contributed by atoms with Gasteiger partial charge in [-0.25, -0.2) is 4.90 Å². The van der Waals surface area contributed by atoms with E-state index in [1.807, 2.05) is 0 Å². The van der Waals surface area contributed by atoms with Gasteiger partial charge in [-0.1, -0.05) is 36.4 Å². The highest BCUT2D eigenvalue weighted by Gasteiger charge is 2.30. The standard InChI is InChI=1S/C19H23N2/c1-14-7-5-8-15(2)18(14)20-11-12-21(13-20)19-16(3)9-6-10-17(19)4/h5-10,13H,11-12H2,1-4H3/q+1/p+1. The average molecular weight is 280 g/mol. The molecule has 0 spiro atoms. The molecule has 2 aromatic carbocycles. The lowest BCUT2D eigenvalue weighted by Crippen LogP contribution is -3.05. The Morgan fingerprint density at radius 2 is 1.33 bits per heavy atom. The third-order valence-electron chi connectivity index (χ3n) is 4.46. The summed E-state index contributed by atoms with van der Waals surface area (Å²) in [5, 5.41) is 0. The summed E-state index contributed by atoms with van der Waals surface area (Å²) in [6, 6.07) is 13.1. The number of aryl methyl sites for hydroxylation is 4. The van der Waals surface area contributed by atoms with Crippen molar-refractivity contribution < 1.29 is 9.48 Å². The lowest BCUT2D eigenvalue weighted by Gasteiger charge is -2.10. The van der Waals surface area contributed by atoms with E-state index in [-0.39, 0.29) is 0 Å². The van der Waals surface area contributed by atoms with Crippen LogP contribution in [-0.4, -0.2) is 24.0 Å². The van der Waals surface area contributed by atoms with E-state index in [1.54, 1.807) is 0 Å². The van der Waals surface area contributed by atoms with Crippen LogP contribution >= 0.6 is 0 Å². The van der Waals surface area contributed by atoms with E-state index in [0.717, 1.165) is 13.1 Å². The van der Waals surface area contributed by atoms with Gasteiger partial charge in [0.05, 0.1) is 0 Å². The fourth-order valence-electron chi connectivity index (χ4n) is 3.50.